The van der Waals surface area contributed by atoms with Gasteiger partial charge in [0, 0.05) is 20.3 Å². The van der Waals surface area contributed by atoms with Crippen LogP contribution in [0.2, 0.25) is 0 Å². The highest BCUT2D eigenvalue weighted by Crippen LogP contribution is 2.30. The molecule has 2 heterocycles. The molecule has 8 nitrogen and oxygen atoms in total. The molecule has 2 rings (SSSR count). The number of ketones is 1. The van der Waals surface area contributed by atoms with Crippen molar-refractivity contribution >= 4 is 23.8 Å². The SMILES string of the molecule is CC(C)(C)OC(=O)N1CC(F)CC1C(=O)C1C(=O)OC(C)(C)OC1=O. The lowest BCUT2D eigenvalue weighted by Crippen LogP contribution is -2.54. The molecule has 2 aliphatic rings. The van der Waals surface area contributed by atoms with Crippen LogP contribution >= 0.6 is 0 Å². The van der Waals surface area contributed by atoms with Crippen LogP contribution in [0.1, 0.15) is 41.0 Å². The van der Waals surface area contributed by atoms with Crippen LogP contribution < -0.4 is 0 Å². The molecule has 140 valence electrons. The monoisotopic (exact) mass is 359 g/mol. The number of rotatable bonds is 2. The van der Waals surface area contributed by atoms with E-state index >= 15 is 0 Å². The Kier molecular flexibility index (Phi) is 4.80. The molecule has 0 bridgehead atoms. The summed E-state index contributed by atoms with van der Waals surface area (Å²) in [5, 5.41) is 0. The summed E-state index contributed by atoms with van der Waals surface area (Å²) in [7, 11) is 0. The Labute approximate surface area is 144 Å². The fourth-order valence-electron chi connectivity index (χ4n) is 2.72. The highest BCUT2D eigenvalue weighted by molar-refractivity contribution is 6.17. The molecule has 9 heteroatoms. The minimum absolute atomic E-state index is 0.321. The van der Waals surface area contributed by atoms with Crippen LogP contribution in [0.3, 0.4) is 0 Å². The van der Waals surface area contributed by atoms with Gasteiger partial charge in [-0.2, -0.15) is 0 Å². The van der Waals surface area contributed by atoms with Crippen molar-refractivity contribution in [2.45, 2.75) is 64.6 Å². The van der Waals surface area contributed by atoms with Crippen molar-refractivity contribution in [2.24, 2.45) is 5.92 Å². The van der Waals surface area contributed by atoms with Crippen LogP contribution in [-0.2, 0) is 28.6 Å². The van der Waals surface area contributed by atoms with Crippen LogP contribution in [0.25, 0.3) is 0 Å². The Morgan fingerprint density at radius 1 is 1.20 bits per heavy atom. The Hall–Kier alpha value is -2.19. The average Bonchev–Trinajstić information content (AvgIpc) is 2.76. The van der Waals surface area contributed by atoms with Crippen molar-refractivity contribution < 1.29 is 37.8 Å². The minimum atomic E-state index is -1.84. The van der Waals surface area contributed by atoms with E-state index in [9.17, 15) is 23.6 Å². The first-order valence-electron chi connectivity index (χ1n) is 7.94. The third-order valence-electron chi connectivity index (χ3n) is 3.66. The Morgan fingerprint density at radius 2 is 1.72 bits per heavy atom. The van der Waals surface area contributed by atoms with Crippen molar-refractivity contribution in [2.75, 3.05) is 6.54 Å². The molecule has 0 aromatic carbocycles. The number of ether oxygens (including phenoxy) is 3. The zero-order chi connectivity index (χ0) is 19.2. The summed E-state index contributed by atoms with van der Waals surface area (Å²) in [6.45, 7) is 7.23. The number of amides is 1. The number of hydrogen-bond acceptors (Lipinski definition) is 7. The average molecular weight is 359 g/mol. The molecule has 2 atom stereocenters. The van der Waals surface area contributed by atoms with Crippen LogP contribution in [0.5, 0.6) is 0 Å². The van der Waals surface area contributed by atoms with Crippen molar-refractivity contribution in [3.05, 3.63) is 0 Å². The molecule has 0 aliphatic carbocycles. The van der Waals surface area contributed by atoms with Crippen LogP contribution in [-0.4, -0.2) is 58.9 Å². The van der Waals surface area contributed by atoms with E-state index in [4.69, 9.17) is 14.2 Å². The number of cyclic esters (lactones) is 2. The summed E-state index contributed by atoms with van der Waals surface area (Å²) < 4.78 is 28.8. The predicted octanol–water partition coefficient (Wildman–Crippen LogP) is 1.36. The summed E-state index contributed by atoms with van der Waals surface area (Å²) in [5.74, 6) is -6.39. The first kappa shape index (κ1) is 19.1. The summed E-state index contributed by atoms with van der Waals surface area (Å²) in [5.41, 5.74) is -0.841. The topological polar surface area (TPSA) is 99.2 Å². The first-order chi connectivity index (χ1) is 11.3. The van der Waals surface area contributed by atoms with Crippen molar-refractivity contribution in [1.82, 2.24) is 4.90 Å². The second-order valence-corrected chi connectivity index (χ2v) is 7.56. The maximum absolute atomic E-state index is 13.8. The van der Waals surface area contributed by atoms with Gasteiger partial charge in [-0.3, -0.25) is 19.3 Å². The summed E-state index contributed by atoms with van der Waals surface area (Å²) in [6, 6.07) is -1.30. The fraction of sp³-hybridized carbons (Fsp3) is 0.750. The van der Waals surface area contributed by atoms with E-state index in [0.717, 1.165) is 4.90 Å². The van der Waals surface area contributed by atoms with Gasteiger partial charge in [0.1, 0.15) is 11.8 Å². The third-order valence-corrected chi connectivity index (χ3v) is 3.66. The Balaban J connectivity index is 2.20. The molecular weight excluding hydrogens is 337 g/mol. The number of likely N-dealkylation sites (tertiary alicyclic amines) is 1. The fourth-order valence-corrected chi connectivity index (χ4v) is 2.72. The molecule has 2 aliphatic heterocycles. The van der Waals surface area contributed by atoms with Gasteiger partial charge in [-0.1, -0.05) is 0 Å². The van der Waals surface area contributed by atoms with Gasteiger partial charge in [0.25, 0.3) is 5.79 Å². The van der Waals surface area contributed by atoms with Gasteiger partial charge in [-0.15, -0.1) is 0 Å². The highest BCUT2D eigenvalue weighted by Gasteiger charge is 2.52. The predicted molar refractivity (Wildman–Crippen MR) is 81.0 cm³/mol. The van der Waals surface area contributed by atoms with E-state index < -0.39 is 53.3 Å². The van der Waals surface area contributed by atoms with Gasteiger partial charge in [-0.25, -0.2) is 9.18 Å². The van der Waals surface area contributed by atoms with Crippen LogP contribution in [0, 0.1) is 5.92 Å². The van der Waals surface area contributed by atoms with Gasteiger partial charge < -0.3 is 14.2 Å². The number of carbonyl (C=O) groups is 4. The molecule has 0 aromatic heterocycles. The lowest BCUT2D eigenvalue weighted by Gasteiger charge is -2.34. The molecule has 0 radical (unpaired) electrons. The standard InChI is InChI=1S/C16H22FNO7/c1-15(2,3)25-14(22)18-7-8(17)6-9(18)11(19)10-12(20)23-16(4,5)24-13(10)21/h8-10H,6-7H2,1-5H3. The van der Waals surface area contributed by atoms with E-state index in [2.05, 4.69) is 0 Å². The normalized spacial score (nSPS) is 26.9. The molecule has 0 N–H and O–H groups in total. The molecule has 0 spiro atoms. The van der Waals surface area contributed by atoms with Crippen LogP contribution in [0.15, 0.2) is 0 Å². The lowest BCUT2D eigenvalue weighted by atomic mass is 9.95. The second-order valence-electron chi connectivity index (χ2n) is 7.56. The number of halogens is 1. The number of esters is 2. The summed E-state index contributed by atoms with van der Waals surface area (Å²) in [6.07, 6.45) is -2.67. The van der Waals surface area contributed by atoms with E-state index in [0.29, 0.717) is 0 Å². The molecular formula is C16H22FNO7. The van der Waals surface area contributed by atoms with Gasteiger partial charge in [0.15, 0.2) is 5.78 Å². The zero-order valence-corrected chi connectivity index (χ0v) is 14.8. The quantitative estimate of drug-likeness (QED) is 0.542. The zero-order valence-electron chi connectivity index (χ0n) is 14.8. The number of Topliss-reactive ketones (excluding diaryl/α,β-unsaturated/α-hetero) is 1. The van der Waals surface area contributed by atoms with Gasteiger partial charge in [0.05, 0.1) is 12.6 Å². The maximum atomic E-state index is 13.8. The number of nitrogens with zero attached hydrogens (tertiary/aromatic N) is 1. The molecule has 0 saturated carbocycles. The summed E-state index contributed by atoms with van der Waals surface area (Å²) in [4.78, 5) is 49.8. The van der Waals surface area contributed by atoms with Crippen molar-refractivity contribution in [3.63, 3.8) is 0 Å². The number of carbonyl (C=O) groups excluding carboxylic acids is 4. The maximum Gasteiger partial charge on any atom is 0.411 e. The Bertz CT molecular complexity index is 590. The number of alkyl halides is 1. The van der Waals surface area contributed by atoms with Crippen molar-refractivity contribution in [3.8, 4) is 0 Å². The van der Waals surface area contributed by atoms with Gasteiger partial charge >= 0.3 is 18.0 Å². The van der Waals surface area contributed by atoms with Gasteiger partial charge in [0.2, 0.25) is 5.92 Å². The number of hydrogen-bond donors (Lipinski definition) is 0. The van der Waals surface area contributed by atoms with Gasteiger partial charge in [-0.05, 0) is 20.8 Å². The molecule has 1 amide bonds. The summed E-state index contributed by atoms with van der Waals surface area (Å²) >= 11 is 0. The molecule has 2 fully saturated rings. The van der Waals surface area contributed by atoms with E-state index in [1.54, 1.807) is 20.8 Å². The van der Waals surface area contributed by atoms with E-state index in [1.807, 2.05) is 0 Å². The van der Waals surface area contributed by atoms with Crippen molar-refractivity contribution in [1.29, 1.82) is 0 Å². The first-order valence-corrected chi connectivity index (χ1v) is 7.94. The highest BCUT2D eigenvalue weighted by atomic mass is 19.1. The second kappa shape index (κ2) is 6.27. The Morgan fingerprint density at radius 3 is 2.20 bits per heavy atom. The molecule has 25 heavy (non-hydrogen) atoms. The molecule has 2 unspecified atom stereocenters. The molecule has 2 saturated heterocycles. The van der Waals surface area contributed by atoms with E-state index in [1.165, 1.54) is 13.8 Å². The minimum Gasteiger partial charge on any atom is -0.444 e. The van der Waals surface area contributed by atoms with E-state index in [-0.39, 0.29) is 13.0 Å². The van der Waals surface area contributed by atoms with Crippen LogP contribution in [0.4, 0.5) is 9.18 Å². The smallest absolute Gasteiger partial charge is 0.411 e. The third kappa shape index (κ3) is 4.26. The molecule has 0 aromatic rings. The largest absolute Gasteiger partial charge is 0.444 e. The lowest BCUT2D eigenvalue weighted by molar-refractivity contribution is -0.238.